The van der Waals surface area contributed by atoms with E-state index < -0.39 is 41.4 Å². The number of rotatable bonds is 4. The molecule has 0 aromatic heterocycles. The van der Waals surface area contributed by atoms with Crippen molar-refractivity contribution in [1.82, 2.24) is 0 Å². The summed E-state index contributed by atoms with van der Waals surface area (Å²) in [5.74, 6) is -0.786. The van der Waals surface area contributed by atoms with Gasteiger partial charge in [0.1, 0.15) is 6.10 Å². The Labute approximate surface area is 146 Å². The lowest BCUT2D eigenvalue weighted by Crippen LogP contribution is -2.44. The first-order valence-corrected chi connectivity index (χ1v) is 8.70. The molecular weight excluding hydrogens is 368 g/mol. The number of hydrogen-bond acceptors (Lipinski definition) is 6. The minimum atomic E-state index is -0.805. The lowest BCUT2D eigenvalue weighted by molar-refractivity contribution is -0.190. The standard InChI is InChI=1S/C16H27BrO6/c1-15(2,3)13(18)22-10-9(8-17)21-12(20-7)11(10)23-14(19)16(4,5)6/h9-12H,8H2,1-7H3/t9-,10-,11-,12-/m1/s1. The van der Waals surface area contributed by atoms with Gasteiger partial charge in [-0.1, -0.05) is 15.9 Å². The molecule has 0 aromatic carbocycles. The van der Waals surface area contributed by atoms with Crippen LogP contribution in [0.4, 0.5) is 0 Å². The van der Waals surface area contributed by atoms with Gasteiger partial charge in [-0.15, -0.1) is 0 Å². The molecule has 1 fully saturated rings. The number of ether oxygens (including phenoxy) is 4. The van der Waals surface area contributed by atoms with Gasteiger partial charge in [-0.25, -0.2) is 0 Å². The molecule has 1 heterocycles. The van der Waals surface area contributed by atoms with Gasteiger partial charge in [0.15, 0.2) is 18.5 Å². The number of hydrogen-bond donors (Lipinski definition) is 0. The van der Waals surface area contributed by atoms with Crippen LogP contribution in [0, 0.1) is 10.8 Å². The molecule has 0 aliphatic carbocycles. The number of carbonyl (C=O) groups is 2. The second-order valence-corrected chi connectivity index (χ2v) is 8.32. The Balaban J connectivity index is 2.99. The predicted octanol–water partition coefficient (Wildman–Crippen LogP) is 2.67. The summed E-state index contributed by atoms with van der Waals surface area (Å²) in [6.45, 7) is 10.6. The van der Waals surface area contributed by atoms with E-state index >= 15 is 0 Å². The third kappa shape index (κ3) is 5.16. The van der Waals surface area contributed by atoms with Crippen LogP contribution in [-0.2, 0) is 28.5 Å². The van der Waals surface area contributed by atoms with Gasteiger partial charge in [0.25, 0.3) is 0 Å². The number of alkyl halides is 1. The highest BCUT2D eigenvalue weighted by molar-refractivity contribution is 9.09. The fourth-order valence-electron chi connectivity index (χ4n) is 1.87. The van der Waals surface area contributed by atoms with Crippen LogP contribution >= 0.6 is 15.9 Å². The highest BCUT2D eigenvalue weighted by Gasteiger charge is 2.51. The van der Waals surface area contributed by atoms with Crippen molar-refractivity contribution in [2.75, 3.05) is 12.4 Å². The van der Waals surface area contributed by atoms with Crippen LogP contribution in [0.5, 0.6) is 0 Å². The quantitative estimate of drug-likeness (QED) is 0.539. The van der Waals surface area contributed by atoms with E-state index in [1.165, 1.54) is 7.11 Å². The topological polar surface area (TPSA) is 71.1 Å². The van der Waals surface area contributed by atoms with Gasteiger partial charge >= 0.3 is 11.9 Å². The molecular formula is C16H27BrO6. The molecule has 0 bridgehead atoms. The van der Waals surface area contributed by atoms with Crippen molar-refractivity contribution < 1.29 is 28.5 Å². The normalized spacial score (nSPS) is 28.5. The minimum absolute atomic E-state index is 0.384. The Morgan fingerprint density at radius 3 is 1.74 bits per heavy atom. The summed E-state index contributed by atoms with van der Waals surface area (Å²) in [5, 5.41) is 0.429. The van der Waals surface area contributed by atoms with Gasteiger partial charge in [-0.3, -0.25) is 9.59 Å². The van der Waals surface area contributed by atoms with Crippen LogP contribution in [0.25, 0.3) is 0 Å². The summed E-state index contributed by atoms with van der Waals surface area (Å²) in [6.07, 6.45) is -2.76. The van der Waals surface area contributed by atoms with Crippen molar-refractivity contribution in [2.24, 2.45) is 10.8 Å². The zero-order valence-electron chi connectivity index (χ0n) is 14.8. The van der Waals surface area contributed by atoms with E-state index in [2.05, 4.69) is 15.9 Å². The molecule has 134 valence electrons. The first-order chi connectivity index (χ1) is 10.4. The lowest BCUT2D eigenvalue weighted by Gasteiger charge is -2.28. The maximum atomic E-state index is 12.2. The Kier molecular flexibility index (Phi) is 6.64. The Morgan fingerprint density at radius 2 is 1.39 bits per heavy atom. The fraction of sp³-hybridized carbons (Fsp3) is 0.875. The lowest BCUT2D eigenvalue weighted by atomic mass is 9.96. The molecule has 23 heavy (non-hydrogen) atoms. The van der Waals surface area contributed by atoms with E-state index in [9.17, 15) is 9.59 Å². The zero-order chi connectivity index (χ0) is 18.0. The third-order valence-corrected chi connectivity index (χ3v) is 4.00. The van der Waals surface area contributed by atoms with E-state index in [4.69, 9.17) is 18.9 Å². The molecule has 0 radical (unpaired) electrons. The Morgan fingerprint density at radius 1 is 0.957 bits per heavy atom. The van der Waals surface area contributed by atoms with Crippen molar-refractivity contribution in [3.63, 3.8) is 0 Å². The van der Waals surface area contributed by atoms with E-state index in [0.29, 0.717) is 5.33 Å². The van der Waals surface area contributed by atoms with Crippen LogP contribution in [-0.4, -0.2) is 49.0 Å². The smallest absolute Gasteiger partial charge is 0.311 e. The summed E-state index contributed by atoms with van der Waals surface area (Å²) in [4.78, 5) is 24.5. The highest BCUT2D eigenvalue weighted by atomic mass is 79.9. The molecule has 0 unspecified atom stereocenters. The summed E-state index contributed by atoms with van der Waals surface area (Å²) >= 11 is 3.33. The maximum Gasteiger partial charge on any atom is 0.311 e. The molecule has 0 spiro atoms. The number of halogens is 1. The van der Waals surface area contributed by atoms with E-state index in [-0.39, 0.29) is 5.97 Å². The average Bonchev–Trinajstić information content (AvgIpc) is 2.74. The first-order valence-electron chi connectivity index (χ1n) is 7.58. The summed E-state index contributed by atoms with van der Waals surface area (Å²) < 4.78 is 22.1. The number of carbonyl (C=O) groups excluding carboxylic acids is 2. The van der Waals surface area contributed by atoms with Crippen molar-refractivity contribution in [3.8, 4) is 0 Å². The van der Waals surface area contributed by atoms with Gasteiger partial charge in [-0.2, -0.15) is 0 Å². The molecule has 0 saturated carbocycles. The number of esters is 2. The molecule has 4 atom stereocenters. The molecule has 1 rings (SSSR count). The first kappa shape index (κ1) is 20.4. The van der Waals surface area contributed by atoms with Crippen molar-refractivity contribution in [3.05, 3.63) is 0 Å². The van der Waals surface area contributed by atoms with Crippen LogP contribution in [0.2, 0.25) is 0 Å². The summed E-state index contributed by atoms with van der Waals surface area (Å²) in [6, 6.07) is 0. The van der Waals surface area contributed by atoms with Crippen LogP contribution in [0.3, 0.4) is 0 Å². The van der Waals surface area contributed by atoms with Gasteiger partial charge in [-0.05, 0) is 41.5 Å². The molecule has 0 N–H and O–H groups in total. The SMILES string of the molecule is CO[C@@H]1O[C@H](CBr)[C@@H](OC(=O)C(C)(C)C)[C@H]1OC(=O)C(C)(C)C. The van der Waals surface area contributed by atoms with Crippen molar-refractivity contribution in [2.45, 2.75) is 66.1 Å². The maximum absolute atomic E-state index is 12.2. The zero-order valence-corrected chi connectivity index (χ0v) is 16.4. The van der Waals surface area contributed by atoms with E-state index in [0.717, 1.165) is 0 Å². The van der Waals surface area contributed by atoms with E-state index in [1.807, 2.05) is 0 Å². The van der Waals surface area contributed by atoms with Crippen LogP contribution in [0.15, 0.2) is 0 Å². The van der Waals surface area contributed by atoms with Gasteiger partial charge in [0, 0.05) is 12.4 Å². The molecule has 7 heteroatoms. The number of methoxy groups -OCH3 is 1. The van der Waals surface area contributed by atoms with Gasteiger partial charge in [0.2, 0.25) is 0 Å². The van der Waals surface area contributed by atoms with Crippen LogP contribution in [0.1, 0.15) is 41.5 Å². The molecule has 0 aromatic rings. The molecule has 1 aliphatic rings. The second kappa shape index (κ2) is 7.49. The molecule has 6 nitrogen and oxygen atoms in total. The second-order valence-electron chi connectivity index (χ2n) is 7.67. The largest absolute Gasteiger partial charge is 0.455 e. The summed E-state index contributed by atoms with van der Waals surface area (Å²) in [5.41, 5.74) is -1.34. The Bertz CT molecular complexity index is 397. The Hall–Kier alpha value is -0.660. The molecule has 0 amide bonds. The van der Waals surface area contributed by atoms with Crippen molar-refractivity contribution in [1.29, 1.82) is 0 Å². The molecule has 1 aliphatic heterocycles. The van der Waals surface area contributed by atoms with Gasteiger partial charge < -0.3 is 18.9 Å². The van der Waals surface area contributed by atoms with Crippen molar-refractivity contribution >= 4 is 27.9 Å². The van der Waals surface area contributed by atoms with Crippen LogP contribution < -0.4 is 0 Å². The minimum Gasteiger partial charge on any atom is -0.455 e. The monoisotopic (exact) mass is 394 g/mol. The van der Waals surface area contributed by atoms with E-state index in [1.54, 1.807) is 41.5 Å². The fourth-order valence-corrected chi connectivity index (χ4v) is 2.39. The predicted molar refractivity (Wildman–Crippen MR) is 88.1 cm³/mol. The van der Waals surface area contributed by atoms with Gasteiger partial charge in [0.05, 0.1) is 10.8 Å². The summed E-state index contributed by atoms with van der Waals surface area (Å²) in [7, 11) is 1.46. The highest BCUT2D eigenvalue weighted by Crippen LogP contribution is 2.32. The average molecular weight is 395 g/mol. The molecule has 1 saturated heterocycles. The third-order valence-electron chi connectivity index (χ3n) is 3.36.